The van der Waals surface area contributed by atoms with Crippen molar-refractivity contribution in [1.82, 2.24) is 4.90 Å². The Labute approximate surface area is 182 Å². The lowest BCUT2D eigenvalue weighted by Crippen LogP contribution is -2.35. The minimum absolute atomic E-state index is 0.0534. The van der Waals surface area contributed by atoms with Crippen LogP contribution in [0.1, 0.15) is 32.3 Å². The zero-order valence-electron chi connectivity index (χ0n) is 15.3. The fourth-order valence-electron chi connectivity index (χ4n) is 3.02. The SMILES string of the molecule is CCOc1cc(/C=C2\SC(=S)N(C[C@@H]3CCCO3)C2=O)cc(I)c1OCC. The van der Waals surface area contributed by atoms with E-state index in [2.05, 4.69) is 22.6 Å². The van der Waals surface area contributed by atoms with Crippen molar-refractivity contribution < 1.29 is 19.0 Å². The number of ether oxygens (including phenoxy) is 3. The van der Waals surface area contributed by atoms with Gasteiger partial charge in [-0.2, -0.15) is 0 Å². The van der Waals surface area contributed by atoms with E-state index in [0.29, 0.717) is 34.7 Å². The first-order valence-electron chi connectivity index (χ1n) is 8.99. The quantitative estimate of drug-likeness (QED) is 0.301. The van der Waals surface area contributed by atoms with Crippen LogP contribution in [0.3, 0.4) is 0 Å². The molecular weight excluding hydrogens is 497 g/mol. The largest absolute Gasteiger partial charge is 0.490 e. The number of carbonyl (C=O) groups is 1. The number of amides is 1. The van der Waals surface area contributed by atoms with Gasteiger partial charge in [0.05, 0.1) is 34.3 Å². The maximum absolute atomic E-state index is 12.8. The number of nitrogens with zero attached hydrogens (tertiary/aromatic N) is 1. The van der Waals surface area contributed by atoms with Crippen LogP contribution in [-0.4, -0.2) is 47.6 Å². The molecule has 0 spiro atoms. The van der Waals surface area contributed by atoms with E-state index in [0.717, 1.165) is 34.3 Å². The van der Waals surface area contributed by atoms with Gasteiger partial charge in [-0.05, 0) is 73.1 Å². The highest BCUT2D eigenvalue weighted by Gasteiger charge is 2.34. The van der Waals surface area contributed by atoms with Crippen LogP contribution in [0.15, 0.2) is 17.0 Å². The number of thioether (sulfide) groups is 1. The second-order valence-electron chi connectivity index (χ2n) is 6.12. The third-order valence-corrected chi connectivity index (χ3v) is 6.38. The van der Waals surface area contributed by atoms with Gasteiger partial charge in [-0.3, -0.25) is 9.69 Å². The van der Waals surface area contributed by atoms with Crippen molar-refractivity contribution in [2.24, 2.45) is 0 Å². The molecule has 0 saturated carbocycles. The van der Waals surface area contributed by atoms with Gasteiger partial charge < -0.3 is 14.2 Å². The molecule has 2 heterocycles. The molecule has 2 fully saturated rings. The summed E-state index contributed by atoms with van der Waals surface area (Å²) in [5.41, 5.74) is 0.893. The summed E-state index contributed by atoms with van der Waals surface area (Å²) in [7, 11) is 0. The highest BCUT2D eigenvalue weighted by Crippen LogP contribution is 2.37. The number of hydrogen-bond donors (Lipinski definition) is 0. The van der Waals surface area contributed by atoms with Crippen LogP contribution in [0.25, 0.3) is 6.08 Å². The molecule has 3 rings (SSSR count). The number of benzene rings is 1. The summed E-state index contributed by atoms with van der Waals surface area (Å²) in [5.74, 6) is 1.37. The van der Waals surface area contributed by atoms with Gasteiger partial charge in [0.25, 0.3) is 5.91 Å². The maximum Gasteiger partial charge on any atom is 0.266 e. The third kappa shape index (κ3) is 4.96. The van der Waals surface area contributed by atoms with E-state index in [-0.39, 0.29) is 12.0 Å². The topological polar surface area (TPSA) is 48.0 Å². The summed E-state index contributed by atoms with van der Waals surface area (Å²) in [4.78, 5) is 15.1. The predicted molar refractivity (Wildman–Crippen MR) is 120 cm³/mol. The van der Waals surface area contributed by atoms with E-state index in [1.807, 2.05) is 32.1 Å². The highest BCUT2D eigenvalue weighted by atomic mass is 127. The van der Waals surface area contributed by atoms with Gasteiger partial charge in [-0.1, -0.05) is 24.0 Å². The van der Waals surface area contributed by atoms with E-state index in [4.69, 9.17) is 26.4 Å². The summed E-state index contributed by atoms with van der Waals surface area (Å²) < 4.78 is 18.6. The lowest BCUT2D eigenvalue weighted by molar-refractivity contribution is -0.123. The molecule has 2 saturated heterocycles. The molecule has 2 aliphatic rings. The Morgan fingerprint density at radius 1 is 1.37 bits per heavy atom. The van der Waals surface area contributed by atoms with Crippen molar-refractivity contribution in [2.75, 3.05) is 26.4 Å². The molecule has 0 bridgehead atoms. The minimum Gasteiger partial charge on any atom is -0.490 e. The Morgan fingerprint density at radius 3 is 2.81 bits per heavy atom. The van der Waals surface area contributed by atoms with Crippen LogP contribution in [0.5, 0.6) is 11.5 Å². The summed E-state index contributed by atoms with van der Waals surface area (Å²) >= 11 is 8.99. The van der Waals surface area contributed by atoms with Crippen LogP contribution in [-0.2, 0) is 9.53 Å². The summed E-state index contributed by atoms with van der Waals surface area (Å²) in [6.07, 6.45) is 3.98. The molecule has 0 aromatic heterocycles. The molecule has 0 radical (unpaired) electrons. The zero-order valence-corrected chi connectivity index (χ0v) is 19.1. The Morgan fingerprint density at radius 2 is 2.15 bits per heavy atom. The molecule has 146 valence electrons. The smallest absolute Gasteiger partial charge is 0.266 e. The monoisotopic (exact) mass is 519 g/mol. The first kappa shape index (κ1) is 20.9. The summed E-state index contributed by atoms with van der Waals surface area (Å²) in [5, 5.41) is 0. The summed E-state index contributed by atoms with van der Waals surface area (Å²) in [6, 6.07) is 3.89. The van der Waals surface area contributed by atoms with Crippen LogP contribution >= 0.6 is 46.6 Å². The Balaban J connectivity index is 1.83. The van der Waals surface area contributed by atoms with Gasteiger partial charge in [0.1, 0.15) is 4.32 Å². The average Bonchev–Trinajstić information content (AvgIpc) is 3.23. The molecule has 5 nitrogen and oxygen atoms in total. The van der Waals surface area contributed by atoms with Crippen molar-refractivity contribution in [3.05, 3.63) is 26.2 Å². The maximum atomic E-state index is 12.8. The van der Waals surface area contributed by atoms with Crippen molar-refractivity contribution >= 4 is 62.9 Å². The Kier molecular flexibility index (Phi) is 7.41. The van der Waals surface area contributed by atoms with E-state index in [1.54, 1.807) is 4.90 Å². The van der Waals surface area contributed by atoms with Gasteiger partial charge >= 0.3 is 0 Å². The van der Waals surface area contributed by atoms with Gasteiger partial charge in [-0.15, -0.1) is 0 Å². The fraction of sp³-hybridized carbons (Fsp3) is 0.474. The zero-order chi connectivity index (χ0) is 19.4. The molecule has 1 amide bonds. The first-order valence-corrected chi connectivity index (χ1v) is 11.3. The molecule has 0 unspecified atom stereocenters. The van der Waals surface area contributed by atoms with Crippen molar-refractivity contribution in [3.63, 3.8) is 0 Å². The van der Waals surface area contributed by atoms with E-state index < -0.39 is 0 Å². The lowest BCUT2D eigenvalue weighted by Gasteiger charge is -2.18. The molecule has 0 N–H and O–H groups in total. The normalized spacial score (nSPS) is 21.4. The Bertz CT molecular complexity index is 762. The van der Waals surface area contributed by atoms with Crippen molar-refractivity contribution in [2.45, 2.75) is 32.8 Å². The molecule has 2 aliphatic heterocycles. The molecule has 8 heteroatoms. The first-order chi connectivity index (χ1) is 13.0. The van der Waals surface area contributed by atoms with E-state index in [1.165, 1.54) is 11.8 Å². The number of thiocarbonyl (C=S) groups is 1. The van der Waals surface area contributed by atoms with Gasteiger partial charge in [0.15, 0.2) is 11.5 Å². The molecular formula is C19H22INO4S2. The number of halogens is 1. The second-order valence-corrected chi connectivity index (χ2v) is 8.96. The predicted octanol–water partition coefficient (Wildman–Crippen LogP) is 4.47. The molecule has 1 aromatic rings. The molecule has 1 atom stereocenters. The molecule has 1 aromatic carbocycles. The van der Waals surface area contributed by atoms with Crippen LogP contribution < -0.4 is 9.47 Å². The van der Waals surface area contributed by atoms with Crippen LogP contribution in [0, 0.1) is 3.57 Å². The van der Waals surface area contributed by atoms with Gasteiger partial charge in [0, 0.05) is 6.61 Å². The highest BCUT2D eigenvalue weighted by molar-refractivity contribution is 14.1. The summed E-state index contributed by atoms with van der Waals surface area (Å²) in [6.45, 7) is 6.29. The molecule has 27 heavy (non-hydrogen) atoms. The molecule has 0 aliphatic carbocycles. The number of carbonyl (C=O) groups excluding carboxylic acids is 1. The average molecular weight is 519 g/mol. The number of hydrogen-bond acceptors (Lipinski definition) is 6. The van der Waals surface area contributed by atoms with E-state index in [9.17, 15) is 4.79 Å². The van der Waals surface area contributed by atoms with Crippen molar-refractivity contribution in [3.8, 4) is 11.5 Å². The van der Waals surface area contributed by atoms with E-state index >= 15 is 0 Å². The second kappa shape index (κ2) is 9.58. The fourth-order valence-corrected chi connectivity index (χ4v) is 5.08. The van der Waals surface area contributed by atoms with Crippen LogP contribution in [0.2, 0.25) is 0 Å². The standard InChI is InChI=1S/C19H22INO4S2/c1-3-23-15-9-12(8-14(20)17(15)24-4-2)10-16-18(22)21(19(26)27-16)11-13-6-5-7-25-13/h8-10,13H,3-7,11H2,1-2H3/b16-10-/t13-/m0/s1. The third-order valence-electron chi connectivity index (χ3n) is 4.20. The van der Waals surface area contributed by atoms with Crippen molar-refractivity contribution in [1.29, 1.82) is 0 Å². The van der Waals surface area contributed by atoms with Gasteiger partial charge in [-0.25, -0.2) is 0 Å². The van der Waals surface area contributed by atoms with Crippen LogP contribution in [0.4, 0.5) is 0 Å². The Hall–Kier alpha value is -0.840. The van der Waals surface area contributed by atoms with Gasteiger partial charge in [0.2, 0.25) is 0 Å². The lowest BCUT2D eigenvalue weighted by atomic mass is 10.1. The number of rotatable bonds is 7. The minimum atomic E-state index is -0.0534.